The van der Waals surface area contributed by atoms with Gasteiger partial charge in [-0.2, -0.15) is 0 Å². The summed E-state index contributed by atoms with van der Waals surface area (Å²) in [5.74, 6) is 0. The van der Waals surface area contributed by atoms with E-state index >= 15 is 0 Å². The number of likely N-dealkylation sites (N-methyl/N-ethyl adjacent to an activating group) is 1. The Morgan fingerprint density at radius 1 is 1.19 bits per heavy atom. The second kappa shape index (κ2) is 6.91. The van der Waals surface area contributed by atoms with Crippen molar-refractivity contribution in [1.82, 2.24) is 15.1 Å². The molecule has 2 atom stereocenters. The first-order valence-electron chi connectivity index (χ1n) is 8.52. The van der Waals surface area contributed by atoms with Gasteiger partial charge in [-0.05, 0) is 38.4 Å². The molecule has 0 spiro atoms. The molecule has 0 bridgehead atoms. The molecule has 2 fully saturated rings. The standard InChI is InChI=1S/C18H29N3/c1-3-19-18(16-8-6-15(2)7-9-16)14-20-11-12-21-10-4-5-17(21)13-20/h6-9,17-19H,3-5,10-14H2,1-2H3. The second-order valence-corrected chi connectivity index (χ2v) is 6.61. The summed E-state index contributed by atoms with van der Waals surface area (Å²) in [4.78, 5) is 5.35. The van der Waals surface area contributed by atoms with Crippen LogP contribution in [0, 0.1) is 6.92 Å². The van der Waals surface area contributed by atoms with Crippen molar-refractivity contribution in [2.75, 3.05) is 39.3 Å². The van der Waals surface area contributed by atoms with Crippen molar-refractivity contribution in [2.45, 2.75) is 38.8 Å². The molecule has 0 saturated carbocycles. The lowest BCUT2D eigenvalue weighted by Crippen LogP contribution is -2.51. The molecule has 0 aromatic heterocycles. The summed E-state index contributed by atoms with van der Waals surface area (Å²) < 4.78 is 0. The van der Waals surface area contributed by atoms with Crippen LogP contribution < -0.4 is 5.32 Å². The maximum absolute atomic E-state index is 3.67. The summed E-state index contributed by atoms with van der Waals surface area (Å²) in [5.41, 5.74) is 2.77. The third-order valence-corrected chi connectivity index (χ3v) is 5.04. The summed E-state index contributed by atoms with van der Waals surface area (Å²) in [7, 11) is 0. The summed E-state index contributed by atoms with van der Waals surface area (Å²) in [6, 6.07) is 10.3. The van der Waals surface area contributed by atoms with Crippen LogP contribution in [0.1, 0.15) is 36.9 Å². The van der Waals surface area contributed by atoms with Gasteiger partial charge in [0, 0.05) is 38.3 Å². The van der Waals surface area contributed by atoms with Crippen LogP contribution in [0.15, 0.2) is 24.3 Å². The third kappa shape index (κ3) is 3.65. The van der Waals surface area contributed by atoms with Crippen LogP contribution in [0.5, 0.6) is 0 Å². The van der Waals surface area contributed by atoms with Gasteiger partial charge in [-0.25, -0.2) is 0 Å². The van der Waals surface area contributed by atoms with Gasteiger partial charge in [0.15, 0.2) is 0 Å². The first-order valence-corrected chi connectivity index (χ1v) is 8.52. The molecule has 3 nitrogen and oxygen atoms in total. The summed E-state index contributed by atoms with van der Waals surface area (Å²) in [6.45, 7) is 11.6. The van der Waals surface area contributed by atoms with E-state index in [0.29, 0.717) is 6.04 Å². The molecule has 3 heteroatoms. The molecule has 0 amide bonds. The van der Waals surface area contributed by atoms with Crippen molar-refractivity contribution in [3.05, 3.63) is 35.4 Å². The highest BCUT2D eigenvalue weighted by molar-refractivity contribution is 5.24. The molecule has 1 aromatic rings. The zero-order valence-electron chi connectivity index (χ0n) is 13.5. The van der Waals surface area contributed by atoms with Crippen LogP contribution in [0.25, 0.3) is 0 Å². The minimum absolute atomic E-state index is 0.462. The number of nitrogens with one attached hydrogen (secondary N) is 1. The lowest BCUT2D eigenvalue weighted by Gasteiger charge is -2.39. The van der Waals surface area contributed by atoms with Crippen molar-refractivity contribution >= 4 is 0 Å². The Balaban J connectivity index is 1.63. The molecule has 2 aliphatic rings. The Hall–Kier alpha value is -0.900. The molecular formula is C18H29N3. The summed E-state index contributed by atoms with van der Waals surface area (Å²) in [5, 5.41) is 3.67. The average molecular weight is 287 g/mol. The molecule has 3 rings (SSSR count). The zero-order chi connectivity index (χ0) is 14.7. The van der Waals surface area contributed by atoms with Crippen LogP contribution in [0.4, 0.5) is 0 Å². The average Bonchev–Trinajstić information content (AvgIpc) is 2.95. The normalized spacial score (nSPS) is 25.0. The fourth-order valence-corrected chi connectivity index (χ4v) is 3.81. The van der Waals surface area contributed by atoms with Gasteiger partial charge in [0.2, 0.25) is 0 Å². The summed E-state index contributed by atoms with van der Waals surface area (Å²) in [6.07, 6.45) is 2.79. The number of hydrogen-bond donors (Lipinski definition) is 1. The van der Waals surface area contributed by atoms with Crippen LogP contribution in [-0.4, -0.2) is 55.1 Å². The maximum Gasteiger partial charge on any atom is 0.0449 e. The number of rotatable bonds is 5. The van der Waals surface area contributed by atoms with Crippen LogP contribution in [0.3, 0.4) is 0 Å². The Bertz CT molecular complexity index is 442. The molecular weight excluding hydrogens is 258 g/mol. The highest BCUT2D eigenvalue weighted by Gasteiger charge is 2.31. The molecule has 2 unspecified atom stereocenters. The molecule has 1 aromatic carbocycles. The van der Waals surface area contributed by atoms with Crippen molar-refractivity contribution in [2.24, 2.45) is 0 Å². The van der Waals surface area contributed by atoms with Crippen molar-refractivity contribution in [3.8, 4) is 0 Å². The van der Waals surface area contributed by atoms with Gasteiger partial charge in [-0.3, -0.25) is 9.80 Å². The summed E-state index contributed by atoms with van der Waals surface area (Å²) >= 11 is 0. The van der Waals surface area contributed by atoms with Gasteiger partial charge in [-0.15, -0.1) is 0 Å². The fourth-order valence-electron chi connectivity index (χ4n) is 3.81. The predicted octanol–water partition coefficient (Wildman–Crippen LogP) is 2.43. The molecule has 0 aliphatic carbocycles. The van der Waals surface area contributed by atoms with Crippen molar-refractivity contribution in [1.29, 1.82) is 0 Å². The number of aryl methyl sites for hydroxylation is 1. The van der Waals surface area contributed by atoms with Crippen molar-refractivity contribution < 1.29 is 0 Å². The quantitative estimate of drug-likeness (QED) is 0.897. The monoisotopic (exact) mass is 287 g/mol. The van der Waals surface area contributed by atoms with Gasteiger partial charge in [-0.1, -0.05) is 36.8 Å². The molecule has 2 aliphatic heterocycles. The van der Waals surface area contributed by atoms with Gasteiger partial charge in [0.25, 0.3) is 0 Å². The molecule has 2 heterocycles. The van der Waals surface area contributed by atoms with E-state index in [4.69, 9.17) is 0 Å². The molecule has 116 valence electrons. The number of piperazine rings is 1. The lowest BCUT2D eigenvalue weighted by atomic mass is 10.0. The largest absolute Gasteiger partial charge is 0.309 e. The van der Waals surface area contributed by atoms with E-state index in [1.54, 1.807) is 0 Å². The number of hydrogen-bond acceptors (Lipinski definition) is 3. The number of nitrogens with zero attached hydrogens (tertiary/aromatic N) is 2. The van der Waals surface area contributed by atoms with Gasteiger partial charge in [0.05, 0.1) is 0 Å². The van der Waals surface area contributed by atoms with E-state index < -0.39 is 0 Å². The first kappa shape index (κ1) is 15.0. The van der Waals surface area contributed by atoms with Gasteiger partial charge >= 0.3 is 0 Å². The van der Waals surface area contributed by atoms with Crippen molar-refractivity contribution in [3.63, 3.8) is 0 Å². The SMILES string of the molecule is CCNC(CN1CCN2CCCC2C1)c1ccc(C)cc1. The molecule has 2 saturated heterocycles. The van der Waals surface area contributed by atoms with Crippen LogP contribution >= 0.6 is 0 Å². The predicted molar refractivity (Wildman–Crippen MR) is 88.6 cm³/mol. The van der Waals surface area contributed by atoms with E-state index in [9.17, 15) is 0 Å². The highest BCUT2D eigenvalue weighted by Crippen LogP contribution is 2.23. The Kier molecular flexibility index (Phi) is 4.94. The molecule has 0 radical (unpaired) electrons. The minimum atomic E-state index is 0.462. The minimum Gasteiger partial charge on any atom is -0.309 e. The van der Waals surface area contributed by atoms with Gasteiger partial charge < -0.3 is 5.32 Å². The number of fused-ring (bicyclic) bond motifs is 1. The van der Waals surface area contributed by atoms with Crippen LogP contribution in [0.2, 0.25) is 0 Å². The second-order valence-electron chi connectivity index (χ2n) is 6.61. The van der Waals surface area contributed by atoms with E-state index in [1.165, 1.54) is 50.1 Å². The maximum atomic E-state index is 3.67. The van der Waals surface area contributed by atoms with E-state index in [1.807, 2.05) is 0 Å². The zero-order valence-corrected chi connectivity index (χ0v) is 13.5. The third-order valence-electron chi connectivity index (χ3n) is 5.04. The molecule has 21 heavy (non-hydrogen) atoms. The highest BCUT2D eigenvalue weighted by atomic mass is 15.3. The lowest BCUT2D eigenvalue weighted by molar-refractivity contribution is 0.0965. The smallest absolute Gasteiger partial charge is 0.0449 e. The number of benzene rings is 1. The Morgan fingerprint density at radius 3 is 2.76 bits per heavy atom. The van der Waals surface area contributed by atoms with E-state index in [0.717, 1.165) is 19.1 Å². The van der Waals surface area contributed by atoms with E-state index in [2.05, 4.69) is 53.2 Å². The first-order chi connectivity index (χ1) is 10.3. The van der Waals surface area contributed by atoms with E-state index in [-0.39, 0.29) is 0 Å². The fraction of sp³-hybridized carbons (Fsp3) is 0.667. The topological polar surface area (TPSA) is 18.5 Å². The Labute approximate surface area is 129 Å². The van der Waals surface area contributed by atoms with Gasteiger partial charge in [0.1, 0.15) is 0 Å². The molecule has 1 N–H and O–H groups in total. The Morgan fingerprint density at radius 2 is 2.00 bits per heavy atom. The van der Waals surface area contributed by atoms with Crippen LogP contribution in [-0.2, 0) is 0 Å².